The van der Waals surface area contributed by atoms with E-state index in [4.69, 9.17) is 4.42 Å². The van der Waals surface area contributed by atoms with E-state index in [2.05, 4.69) is 11.9 Å². The third-order valence-corrected chi connectivity index (χ3v) is 1.64. The van der Waals surface area contributed by atoms with E-state index in [0.717, 1.165) is 12.2 Å². The minimum atomic E-state index is -0.195. The minimum absolute atomic E-state index is 0.195. The molecule has 1 N–H and O–H groups in total. The van der Waals surface area contributed by atoms with Crippen LogP contribution in [0.4, 0.5) is 0 Å². The third kappa shape index (κ3) is 2.47. The van der Waals surface area contributed by atoms with Gasteiger partial charge in [0, 0.05) is 13.0 Å². The molecule has 0 aliphatic heterocycles. The summed E-state index contributed by atoms with van der Waals surface area (Å²) in [5, 5.41) is 2.64. The quantitative estimate of drug-likeness (QED) is 0.715. The maximum absolute atomic E-state index is 11.3. The molecular weight excluding hydrogens is 166 g/mol. The average Bonchev–Trinajstić information content (AvgIpc) is 2.62. The molecule has 0 radical (unpaired) electrons. The molecule has 1 aromatic heterocycles. The van der Waals surface area contributed by atoms with E-state index >= 15 is 0 Å². The van der Waals surface area contributed by atoms with Crippen molar-refractivity contribution in [2.24, 2.45) is 0 Å². The highest BCUT2D eigenvalue weighted by atomic mass is 16.3. The Kier molecular flexibility index (Phi) is 3.31. The first-order valence-electron chi connectivity index (χ1n) is 4.25. The van der Waals surface area contributed by atoms with Crippen LogP contribution in [0.5, 0.6) is 0 Å². The van der Waals surface area contributed by atoms with Crippen LogP contribution >= 0.6 is 0 Å². The Morgan fingerprint density at radius 3 is 3.00 bits per heavy atom. The van der Waals surface area contributed by atoms with Gasteiger partial charge in [-0.3, -0.25) is 4.79 Å². The monoisotopic (exact) mass is 179 g/mol. The summed E-state index contributed by atoms with van der Waals surface area (Å²) >= 11 is 0. The molecular formula is C10H13NO2. The number of aryl methyl sites for hydroxylation is 1. The second-order valence-corrected chi connectivity index (χ2v) is 2.62. The summed E-state index contributed by atoms with van der Waals surface area (Å²) in [6.45, 7) is 5.94. The van der Waals surface area contributed by atoms with E-state index < -0.39 is 0 Å². The molecule has 70 valence electrons. The number of carbonyl (C=O) groups is 1. The lowest BCUT2D eigenvalue weighted by molar-refractivity contribution is 0.0929. The predicted molar refractivity (Wildman–Crippen MR) is 50.6 cm³/mol. The third-order valence-electron chi connectivity index (χ3n) is 1.64. The Morgan fingerprint density at radius 1 is 1.69 bits per heavy atom. The van der Waals surface area contributed by atoms with E-state index in [-0.39, 0.29) is 5.91 Å². The van der Waals surface area contributed by atoms with Gasteiger partial charge in [-0.2, -0.15) is 0 Å². The molecule has 0 unspecified atom stereocenters. The zero-order valence-corrected chi connectivity index (χ0v) is 7.67. The molecule has 1 aromatic rings. The first kappa shape index (κ1) is 9.58. The highest BCUT2D eigenvalue weighted by Gasteiger charge is 2.08. The number of furan rings is 1. The Balaban J connectivity index is 2.60. The topological polar surface area (TPSA) is 42.2 Å². The van der Waals surface area contributed by atoms with Gasteiger partial charge in [0.25, 0.3) is 5.91 Å². The maximum atomic E-state index is 11.3. The molecule has 1 amide bonds. The van der Waals surface area contributed by atoms with Crippen molar-refractivity contribution in [2.45, 2.75) is 13.3 Å². The van der Waals surface area contributed by atoms with Gasteiger partial charge in [0.1, 0.15) is 5.76 Å². The average molecular weight is 179 g/mol. The molecule has 1 rings (SSSR count). The van der Waals surface area contributed by atoms with Crippen molar-refractivity contribution in [1.29, 1.82) is 0 Å². The van der Waals surface area contributed by atoms with Crippen LogP contribution in [0.15, 0.2) is 29.2 Å². The van der Waals surface area contributed by atoms with E-state index in [0.29, 0.717) is 12.3 Å². The molecule has 0 spiro atoms. The van der Waals surface area contributed by atoms with E-state index in [1.54, 1.807) is 12.1 Å². The van der Waals surface area contributed by atoms with Gasteiger partial charge in [-0.25, -0.2) is 0 Å². The lowest BCUT2D eigenvalue weighted by Gasteiger charge is -1.97. The van der Waals surface area contributed by atoms with Crippen molar-refractivity contribution < 1.29 is 9.21 Å². The molecule has 0 aromatic carbocycles. The van der Waals surface area contributed by atoms with Gasteiger partial charge in [0.05, 0.1) is 0 Å². The van der Waals surface area contributed by atoms with Crippen molar-refractivity contribution >= 4 is 5.91 Å². The lowest BCUT2D eigenvalue weighted by atomic mass is 10.3. The highest BCUT2D eigenvalue weighted by Crippen LogP contribution is 2.07. The Labute approximate surface area is 77.4 Å². The Bertz CT molecular complexity index is 302. The van der Waals surface area contributed by atoms with Crippen molar-refractivity contribution in [1.82, 2.24) is 5.32 Å². The van der Waals surface area contributed by atoms with E-state index in [1.807, 2.05) is 13.0 Å². The lowest BCUT2D eigenvalue weighted by Crippen LogP contribution is -2.22. The number of amides is 1. The fourth-order valence-electron chi connectivity index (χ4n) is 0.942. The molecule has 0 saturated heterocycles. The van der Waals surface area contributed by atoms with Gasteiger partial charge in [0.2, 0.25) is 0 Å². The fourth-order valence-corrected chi connectivity index (χ4v) is 0.942. The van der Waals surface area contributed by atoms with Crippen LogP contribution in [-0.2, 0) is 6.42 Å². The minimum Gasteiger partial charge on any atom is -0.456 e. The molecule has 0 saturated carbocycles. The summed E-state index contributed by atoms with van der Waals surface area (Å²) in [6, 6.07) is 3.49. The number of hydrogen-bond donors (Lipinski definition) is 1. The molecule has 3 nitrogen and oxygen atoms in total. The van der Waals surface area contributed by atoms with E-state index in [1.165, 1.54) is 0 Å². The Hall–Kier alpha value is -1.51. The second-order valence-electron chi connectivity index (χ2n) is 2.62. The maximum Gasteiger partial charge on any atom is 0.287 e. The van der Waals surface area contributed by atoms with Gasteiger partial charge in [-0.05, 0) is 12.1 Å². The van der Waals surface area contributed by atoms with Crippen LogP contribution in [-0.4, -0.2) is 12.5 Å². The summed E-state index contributed by atoms with van der Waals surface area (Å²) in [4.78, 5) is 11.3. The van der Waals surface area contributed by atoms with Crippen LogP contribution in [0.3, 0.4) is 0 Å². The zero-order chi connectivity index (χ0) is 9.68. The van der Waals surface area contributed by atoms with Gasteiger partial charge in [-0.1, -0.05) is 13.0 Å². The van der Waals surface area contributed by atoms with Crippen molar-refractivity contribution in [3.63, 3.8) is 0 Å². The molecule has 13 heavy (non-hydrogen) atoms. The molecule has 0 fully saturated rings. The van der Waals surface area contributed by atoms with Crippen LogP contribution in [0.25, 0.3) is 0 Å². The van der Waals surface area contributed by atoms with Gasteiger partial charge < -0.3 is 9.73 Å². The largest absolute Gasteiger partial charge is 0.456 e. The van der Waals surface area contributed by atoms with E-state index in [9.17, 15) is 4.79 Å². The van der Waals surface area contributed by atoms with Crippen LogP contribution in [0, 0.1) is 0 Å². The van der Waals surface area contributed by atoms with Crippen molar-refractivity contribution in [2.75, 3.05) is 6.54 Å². The predicted octanol–water partition coefficient (Wildman–Crippen LogP) is 1.76. The van der Waals surface area contributed by atoms with Gasteiger partial charge in [0.15, 0.2) is 5.76 Å². The first-order valence-corrected chi connectivity index (χ1v) is 4.25. The molecule has 0 aliphatic rings. The summed E-state index contributed by atoms with van der Waals surface area (Å²) in [7, 11) is 0. The smallest absolute Gasteiger partial charge is 0.287 e. The fraction of sp³-hybridized carbons (Fsp3) is 0.300. The van der Waals surface area contributed by atoms with Crippen LogP contribution in [0.2, 0.25) is 0 Å². The second kappa shape index (κ2) is 4.50. The first-order chi connectivity index (χ1) is 6.27. The zero-order valence-electron chi connectivity index (χ0n) is 7.67. The van der Waals surface area contributed by atoms with Crippen LogP contribution in [0.1, 0.15) is 23.2 Å². The summed E-state index contributed by atoms with van der Waals surface area (Å²) in [5.41, 5.74) is 0. The van der Waals surface area contributed by atoms with Gasteiger partial charge >= 0.3 is 0 Å². The summed E-state index contributed by atoms with van der Waals surface area (Å²) in [5.74, 6) is 0.988. The number of nitrogens with one attached hydrogen (secondary N) is 1. The Morgan fingerprint density at radius 2 is 2.46 bits per heavy atom. The number of rotatable bonds is 4. The molecule has 1 heterocycles. The van der Waals surface area contributed by atoms with Crippen molar-refractivity contribution in [3.05, 3.63) is 36.3 Å². The molecule has 3 heteroatoms. The van der Waals surface area contributed by atoms with Crippen molar-refractivity contribution in [3.8, 4) is 0 Å². The number of hydrogen-bond acceptors (Lipinski definition) is 2. The van der Waals surface area contributed by atoms with Crippen LogP contribution < -0.4 is 5.32 Å². The van der Waals surface area contributed by atoms with Gasteiger partial charge in [-0.15, -0.1) is 6.58 Å². The summed E-state index contributed by atoms with van der Waals surface area (Å²) < 4.78 is 5.25. The normalized spacial score (nSPS) is 9.62. The molecule has 0 bridgehead atoms. The SMILES string of the molecule is C=CCNC(=O)c1ccc(CC)o1. The summed E-state index contributed by atoms with van der Waals surface area (Å²) in [6.07, 6.45) is 2.43. The number of carbonyl (C=O) groups excluding carboxylic acids is 1. The molecule has 0 aliphatic carbocycles. The highest BCUT2D eigenvalue weighted by molar-refractivity contribution is 5.91. The molecule has 0 atom stereocenters. The standard InChI is InChI=1S/C10H13NO2/c1-3-7-11-10(12)9-6-5-8(4-2)13-9/h3,5-6H,1,4,7H2,2H3,(H,11,12).